The summed E-state index contributed by atoms with van der Waals surface area (Å²) in [4.78, 5) is 26.1. The van der Waals surface area contributed by atoms with Gasteiger partial charge in [0.15, 0.2) is 0 Å². The number of carboxylic acids is 1. The van der Waals surface area contributed by atoms with Crippen LogP contribution in [0.3, 0.4) is 0 Å². The first-order chi connectivity index (χ1) is 9.49. The Labute approximate surface area is 122 Å². The fourth-order valence-corrected chi connectivity index (χ4v) is 3.47. The highest BCUT2D eigenvalue weighted by atomic mass is 32.1. The molecule has 20 heavy (non-hydrogen) atoms. The highest BCUT2D eigenvalue weighted by Gasteiger charge is 2.38. The van der Waals surface area contributed by atoms with Crippen LogP contribution in [0.2, 0.25) is 0 Å². The number of likely N-dealkylation sites (tertiary alicyclic amines) is 1. The molecule has 0 aliphatic carbocycles. The molecule has 2 heterocycles. The van der Waals surface area contributed by atoms with Crippen molar-refractivity contribution in [2.24, 2.45) is 5.92 Å². The van der Waals surface area contributed by atoms with Gasteiger partial charge in [-0.25, -0.2) is 4.79 Å². The largest absolute Gasteiger partial charge is 0.481 e. The maximum atomic E-state index is 12.2. The Morgan fingerprint density at radius 2 is 2.35 bits per heavy atom. The fraction of sp³-hybridized carbons (Fsp3) is 0.571. The fourth-order valence-electron chi connectivity index (χ4n) is 2.63. The van der Waals surface area contributed by atoms with E-state index in [1.54, 1.807) is 23.2 Å². The molecule has 1 fully saturated rings. The molecule has 0 saturated carbocycles. The zero-order valence-electron chi connectivity index (χ0n) is 11.7. The van der Waals surface area contributed by atoms with Crippen LogP contribution in [0.15, 0.2) is 17.5 Å². The highest BCUT2D eigenvalue weighted by molar-refractivity contribution is 7.09. The average molecular weight is 296 g/mol. The molecule has 2 amide bonds. The van der Waals surface area contributed by atoms with Crippen molar-refractivity contribution in [3.05, 3.63) is 22.4 Å². The first-order valence-electron chi connectivity index (χ1n) is 6.81. The molecule has 0 spiro atoms. The van der Waals surface area contributed by atoms with Gasteiger partial charge in [-0.2, -0.15) is 0 Å². The number of hydrogen-bond acceptors (Lipinski definition) is 3. The van der Waals surface area contributed by atoms with Crippen molar-refractivity contribution in [1.29, 1.82) is 0 Å². The smallest absolute Gasteiger partial charge is 0.317 e. The first kappa shape index (κ1) is 14.8. The number of carbonyl (C=O) groups excluding carboxylic acids is 1. The van der Waals surface area contributed by atoms with Gasteiger partial charge in [0.25, 0.3) is 0 Å². The molecule has 0 aromatic carbocycles. The van der Waals surface area contributed by atoms with E-state index in [1.807, 2.05) is 24.4 Å². The normalized spacial score (nSPS) is 23.6. The minimum absolute atomic E-state index is 0.0391. The van der Waals surface area contributed by atoms with E-state index in [1.165, 1.54) is 4.88 Å². The lowest BCUT2D eigenvalue weighted by Gasteiger charge is -2.25. The Morgan fingerprint density at radius 3 is 2.90 bits per heavy atom. The van der Waals surface area contributed by atoms with Crippen molar-refractivity contribution >= 4 is 23.3 Å². The second-order valence-electron chi connectivity index (χ2n) is 5.30. The molecule has 0 bridgehead atoms. The minimum Gasteiger partial charge on any atom is -0.481 e. The number of nitrogens with one attached hydrogen (secondary N) is 1. The summed E-state index contributed by atoms with van der Waals surface area (Å²) in [5, 5.41) is 14.0. The van der Waals surface area contributed by atoms with Gasteiger partial charge in [0.2, 0.25) is 0 Å². The predicted octanol–water partition coefficient (Wildman–Crippen LogP) is 2.18. The summed E-state index contributed by atoms with van der Waals surface area (Å²) in [6.45, 7) is 4.28. The minimum atomic E-state index is -0.820. The quantitative estimate of drug-likeness (QED) is 0.894. The third-order valence-electron chi connectivity index (χ3n) is 3.79. The van der Waals surface area contributed by atoms with Crippen molar-refractivity contribution in [2.45, 2.75) is 38.8 Å². The summed E-state index contributed by atoms with van der Waals surface area (Å²) in [7, 11) is 0. The molecule has 1 aliphatic rings. The van der Waals surface area contributed by atoms with Crippen molar-refractivity contribution in [2.75, 3.05) is 6.54 Å². The van der Waals surface area contributed by atoms with E-state index in [0.29, 0.717) is 13.0 Å². The molecule has 3 atom stereocenters. The molecule has 5 nitrogen and oxygen atoms in total. The van der Waals surface area contributed by atoms with E-state index in [0.717, 1.165) is 6.42 Å². The first-order valence-corrected chi connectivity index (χ1v) is 7.69. The number of rotatable bonds is 4. The van der Waals surface area contributed by atoms with Gasteiger partial charge in [0.05, 0.1) is 5.92 Å². The lowest BCUT2D eigenvalue weighted by atomic mass is 10.0. The third kappa shape index (κ3) is 3.30. The van der Waals surface area contributed by atoms with Gasteiger partial charge in [-0.3, -0.25) is 4.79 Å². The zero-order valence-corrected chi connectivity index (χ0v) is 12.5. The average Bonchev–Trinajstić information content (AvgIpc) is 2.97. The van der Waals surface area contributed by atoms with Crippen LogP contribution in [-0.2, 0) is 11.2 Å². The van der Waals surface area contributed by atoms with Crippen molar-refractivity contribution in [3.8, 4) is 0 Å². The van der Waals surface area contributed by atoms with E-state index in [2.05, 4.69) is 5.32 Å². The van der Waals surface area contributed by atoms with Crippen LogP contribution in [0, 0.1) is 5.92 Å². The van der Waals surface area contributed by atoms with Gasteiger partial charge in [-0.1, -0.05) is 6.07 Å². The SMILES string of the molecule is CC(Cc1cccs1)NC(=O)N1CCC(C(=O)O)C1C. The van der Waals surface area contributed by atoms with E-state index in [4.69, 9.17) is 5.11 Å². The van der Waals surface area contributed by atoms with Crippen LogP contribution in [-0.4, -0.2) is 40.6 Å². The van der Waals surface area contributed by atoms with Crippen molar-refractivity contribution in [3.63, 3.8) is 0 Å². The molecule has 1 aromatic heterocycles. The van der Waals surface area contributed by atoms with Gasteiger partial charge < -0.3 is 15.3 Å². The Kier molecular flexibility index (Phi) is 4.65. The number of thiophene rings is 1. The number of aliphatic carboxylic acids is 1. The zero-order chi connectivity index (χ0) is 14.7. The Morgan fingerprint density at radius 1 is 1.60 bits per heavy atom. The molecule has 6 heteroatoms. The molecular weight excluding hydrogens is 276 g/mol. The Balaban J connectivity index is 1.87. The number of hydrogen-bond donors (Lipinski definition) is 2. The second kappa shape index (κ2) is 6.26. The number of nitrogens with zero attached hydrogens (tertiary/aromatic N) is 1. The number of carbonyl (C=O) groups is 2. The molecule has 1 saturated heterocycles. The van der Waals surface area contributed by atoms with E-state index >= 15 is 0 Å². The number of amides is 2. The summed E-state index contributed by atoms with van der Waals surface area (Å²) < 4.78 is 0. The molecule has 2 N–H and O–H groups in total. The van der Waals surface area contributed by atoms with Crippen molar-refractivity contribution < 1.29 is 14.7 Å². The lowest BCUT2D eigenvalue weighted by molar-refractivity contribution is -0.142. The van der Waals surface area contributed by atoms with E-state index in [9.17, 15) is 9.59 Å². The summed E-state index contributed by atoms with van der Waals surface area (Å²) >= 11 is 1.67. The van der Waals surface area contributed by atoms with Gasteiger partial charge in [0, 0.05) is 29.9 Å². The lowest BCUT2D eigenvalue weighted by Crippen LogP contribution is -2.47. The molecule has 110 valence electrons. The van der Waals surface area contributed by atoms with Gasteiger partial charge in [0.1, 0.15) is 0 Å². The topological polar surface area (TPSA) is 69.6 Å². The van der Waals surface area contributed by atoms with Gasteiger partial charge in [-0.15, -0.1) is 11.3 Å². The molecular formula is C14H20N2O3S. The maximum Gasteiger partial charge on any atom is 0.317 e. The van der Waals surface area contributed by atoms with Crippen molar-refractivity contribution in [1.82, 2.24) is 10.2 Å². The maximum absolute atomic E-state index is 12.2. The predicted molar refractivity (Wildman–Crippen MR) is 77.9 cm³/mol. The summed E-state index contributed by atoms with van der Waals surface area (Å²) in [6.07, 6.45) is 1.33. The number of carboxylic acid groups (broad SMARTS) is 1. The van der Waals surface area contributed by atoms with Crippen LogP contribution < -0.4 is 5.32 Å². The molecule has 2 rings (SSSR count). The van der Waals surface area contributed by atoms with Gasteiger partial charge in [-0.05, 0) is 31.7 Å². The second-order valence-corrected chi connectivity index (χ2v) is 6.33. The standard InChI is InChI=1S/C14H20N2O3S/c1-9(8-11-4-3-7-20-11)15-14(19)16-6-5-12(10(16)2)13(17)18/h3-4,7,9-10,12H,5-6,8H2,1-2H3,(H,15,19)(H,17,18). The summed E-state index contributed by atoms with van der Waals surface area (Å²) in [5.41, 5.74) is 0. The Bertz CT molecular complexity index is 475. The van der Waals surface area contributed by atoms with E-state index < -0.39 is 11.9 Å². The van der Waals surface area contributed by atoms with E-state index in [-0.39, 0.29) is 18.1 Å². The molecule has 0 radical (unpaired) electrons. The monoisotopic (exact) mass is 296 g/mol. The summed E-state index contributed by atoms with van der Waals surface area (Å²) in [5.74, 6) is -1.27. The van der Waals surface area contributed by atoms with Crippen LogP contribution in [0.1, 0.15) is 25.1 Å². The molecule has 1 aromatic rings. The van der Waals surface area contributed by atoms with Crippen LogP contribution in [0.5, 0.6) is 0 Å². The van der Waals surface area contributed by atoms with Crippen LogP contribution >= 0.6 is 11.3 Å². The Hall–Kier alpha value is -1.56. The third-order valence-corrected chi connectivity index (χ3v) is 4.69. The summed E-state index contributed by atoms with van der Waals surface area (Å²) in [6, 6.07) is 3.67. The number of urea groups is 1. The van der Waals surface area contributed by atoms with Crippen LogP contribution in [0.4, 0.5) is 4.79 Å². The van der Waals surface area contributed by atoms with Gasteiger partial charge >= 0.3 is 12.0 Å². The molecule has 3 unspecified atom stereocenters. The molecule has 1 aliphatic heterocycles. The highest BCUT2D eigenvalue weighted by Crippen LogP contribution is 2.24. The van der Waals surface area contributed by atoms with Crippen LogP contribution in [0.25, 0.3) is 0 Å².